The number of pyridine rings is 1. The van der Waals surface area contributed by atoms with Gasteiger partial charge in [-0.2, -0.15) is 8.78 Å². The molecule has 0 fully saturated rings. The van der Waals surface area contributed by atoms with Crippen molar-refractivity contribution < 1.29 is 18.3 Å². The van der Waals surface area contributed by atoms with Crippen LogP contribution in [0.2, 0.25) is 0 Å². The number of carbonyl (C=O) groups excluding carboxylic acids is 1. The molecule has 4 aromatic rings. The summed E-state index contributed by atoms with van der Waals surface area (Å²) in [5.74, 6) is -0.231. The number of nitrogens with one attached hydrogen (secondary N) is 1. The van der Waals surface area contributed by atoms with E-state index in [4.69, 9.17) is 0 Å². The van der Waals surface area contributed by atoms with Crippen LogP contribution in [0, 0.1) is 0 Å². The van der Waals surface area contributed by atoms with Gasteiger partial charge in [0.2, 0.25) is 0 Å². The van der Waals surface area contributed by atoms with Crippen LogP contribution in [0.1, 0.15) is 11.1 Å². The summed E-state index contributed by atoms with van der Waals surface area (Å²) in [5.41, 5.74) is 2.52. The lowest BCUT2D eigenvalue weighted by atomic mass is 10.0. The molecule has 4 rings (SSSR count). The molecular weight excluding hydrogens is 434 g/mol. The van der Waals surface area contributed by atoms with Crippen LogP contribution in [-0.4, -0.2) is 17.5 Å². The highest BCUT2D eigenvalue weighted by molar-refractivity contribution is 6.30. The molecule has 1 N–H and O–H groups in total. The van der Waals surface area contributed by atoms with E-state index in [9.17, 15) is 13.6 Å². The molecule has 0 aliphatic rings. The Balaban J connectivity index is 0.00000289. The molecule has 0 spiro atoms. The van der Waals surface area contributed by atoms with E-state index < -0.39 is 6.61 Å². The van der Waals surface area contributed by atoms with E-state index in [0.717, 1.165) is 16.3 Å². The summed E-state index contributed by atoms with van der Waals surface area (Å²) >= 11 is 0. The van der Waals surface area contributed by atoms with Gasteiger partial charge in [0.25, 0.3) is 5.91 Å². The van der Waals surface area contributed by atoms with Crippen molar-refractivity contribution >= 4 is 46.4 Å². The second-order valence-corrected chi connectivity index (χ2v) is 6.73. The molecule has 0 aliphatic heterocycles. The van der Waals surface area contributed by atoms with Crippen molar-refractivity contribution in [3.05, 3.63) is 102 Å². The molecule has 0 radical (unpaired) electrons. The quantitative estimate of drug-likeness (QED) is 0.270. The molecule has 0 bridgehead atoms. The first kappa shape index (κ1) is 22.9. The number of amides is 1. The zero-order valence-electron chi connectivity index (χ0n) is 16.7. The van der Waals surface area contributed by atoms with Crippen molar-refractivity contribution in [1.29, 1.82) is 0 Å². The predicted octanol–water partition coefficient (Wildman–Crippen LogP) is 6.44. The van der Waals surface area contributed by atoms with Crippen molar-refractivity contribution in [3.63, 3.8) is 0 Å². The molecule has 0 unspecified atom stereocenters. The Morgan fingerprint density at radius 1 is 0.938 bits per heavy atom. The summed E-state index contributed by atoms with van der Waals surface area (Å²) in [4.78, 5) is 17.4. The number of carbonyl (C=O) groups is 1. The molecule has 0 saturated carbocycles. The minimum Gasteiger partial charge on any atom is -0.435 e. The number of anilines is 1. The Kier molecular flexibility index (Phi) is 7.52. The molecule has 32 heavy (non-hydrogen) atoms. The Morgan fingerprint density at radius 3 is 2.41 bits per heavy atom. The summed E-state index contributed by atoms with van der Waals surface area (Å²) < 4.78 is 29.2. The lowest BCUT2D eigenvalue weighted by Crippen LogP contribution is -2.14. The van der Waals surface area contributed by atoms with E-state index in [1.54, 1.807) is 30.6 Å². The van der Waals surface area contributed by atoms with Gasteiger partial charge < -0.3 is 10.1 Å². The maximum absolute atomic E-state index is 13.3. The van der Waals surface area contributed by atoms with Crippen LogP contribution in [-0.2, 0) is 4.79 Å². The molecule has 1 aromatic heterocycles. The fourth-order valence-corrected chi connectivity index (χ4v) is 3.23. The fourth-order valence-electron chi connectivity index (χ4n) is 3.23. The number of rotatable bonds is 6. The van der Waals surface area contributed by atoms with Crippen LogP contribution in [0.25, 0.3) is 22.4 Å². The molecule has 7 heteroatoms. The van der Waals surface area contributed by atoms with Crippen molar-refractivity contribution in [2.45, 2.75) is 6.61 Å². The van der Waals surface area contributed by atoms with Gasteiger partial charge in [0.05, 0.1) is 0 Å². The monoisotopic (exact) mass is 452 g/mol. The molecule has 1 heterocycles. The zero-order valence-corrected chi connectivity index (χ0v) is 17.6. The number of hydrogen-bond donors (Lipinski definition) is 1. The largest absolute Gasteiger partial charge is 0.435 e. The molecule has 4 nitrogen and oxygen atoms in total. The van der Waals surface area contributed by atoms with Crippen molar-refractivity contribution in [3.8, 4) is 5.75 Å². The first-order valence-corrected chi connectivity index (χ1v) is 9.56. The van der Waals surface area contributed by atoms with Crippen LogP contribution < -0.4 is 10.1 Å². The van der Waals surface area contributed by atoms with Crippen molar-refractivity contribution in [1.82, 2.24) is 4.98 Å². The van der Waals surface area contributed by atoms with Gasteiger partial charge in [-0.05, 0) is 41.5 Å². The lowest BCUT2D eigenvalue weighted by Gasteiger charge is -2.12. The number of fused-ring (bicyclic) bond motifs is 1. The second-order valence-electron chi connectivity index (χ2n) is 6.73. The number of aromatic nitrogens is 1. The molecule has 162 valence electrons. The highest BCUT2D eigenvalue weighted by Crippen LogP contribution is 2.26. The highest BCUT2D eigenvalue weighted by atomic mass is 35.5. The summed E-state index contributed by atoms with van der Waals surface area (Å²) in [7, 11) is 0. The summed E-state index contributed by atoms with van der Waals surface area (Å²) in [6.07, 6.45) is 5.13. The average Bonchev–Trinajstić information content (AvgIpc) is 2.79. The molecule has 3 aromatic carbocycles. The van der Waals surface area contributed by atoms with Crippen LogP contribution >= 0.6 is 12.4 Å². The van der Waals surface area contributed by atoms with Crippen LogP contribution in [0.15, 0.2) is 91.3 Å². The Hall–Kier alpha value is -3.77. The van der Waals surface area contributed by atoms with Crippen LogP contribution in [0.3, 0.4) is 0 Å². The third kappa shape index (κ3) is 5.47. The number of benzene rings is 3. The van der Waals surface area contributed by atoms with E-state index in [2.05, 4.69) is 15.0 Å². The molecular formula is C25H19ClF2N2O2. The van der Waals surface area contributed by atoms with Gasteiger partial charge in [0, 0.05) is 34.4 Å². The molecule has 0 aliphatic carbocycles. The summed E-state index contributed by atoms with van der Waals surface area (Å²) in [5, 5.41) is 4.78. The maximum Gasteiger partial charge on any atom is 0.387 e. The van der Waals surface area contributed by atoms with Gasteiger partial charge in [0.15, 0.2) is 0 Å². The highest BCUT2D eigenvalue weighted by Gasteiger charge is 2.14. The maximum atomic E-state index is 13.3. The van der Waals surface area contributed by atoms with Crippen LogP contribution in [0.4, 0.5) is 14.5 Å². The predicted molar refractivity (Wildman–Crippen MR) is 125 cm³/mol. The number of nitrogens with zero attached hydrogens (tertiary/aromatic N) is 1. The summed E-state index contributed by atoms with van der Waals surface area (Å²) in [6.45, 7) is -2.89. The Labute approximate surface area is 190 Å². The Morgan fingerprint density at radius 2 is 1.69 bits per heavy atom. The number of halogens is 3. The number of hydrogen-bond acceptors (Lipinski definition) is 3. The topological polar surface area (TPSA) is 51.2 Å². The van der Waals surface area contributed by atoms with E-state index in [0.29, 0.717) is 16.8 Å². The molecule has 1 amide bonds. The minimum atomic E-state index is -2.89. The third-order valence-corrected chi connectivity index (χ3v) is 4.67. The fraction of sp³-hybridized carbons (Fsp3) is 0.0400. The van der Waals surface area contributed by atoms with E-state index in [1.807, 2.05) is 54.6 Å². The van der Waals surface area contributed by atoms with Crippen molar-refractivity contribution in [2.75, 3.05) is 5.32 Å². The lowest BCUT2D eigenvalue weighted by molar-refractivity contribution is -0.111. The standard InChI is InChI=1S/C25H18F2N2O2.ClH/c26-25(27)31-20-11-9-17(10-12-20)15-22(18-5-2-1-3-6-18)24(30)29-23-8-4-7-19-16-28-14-13-21(19)23;/h1-16,25H,(H,29,30);1H. The average molecular weight is 453 g/mol. The van der Waals surface area contributed by atoms with Crippen LogP contribution in [0.5, 0.6) is 5.75 Å². The van der Waals surface area contributed by atoms with E-state index in [-0.39, 0.29) is 24.1 Å². The van der Waals surface area contributed by atoms with Gasteiger partial charge >= 0.3 is 6.61 Å². The van der Waals surface area contributed by atoms with E-state index in [1.165, 1.54) is 12.1 Å². The van der Waals surface area contributed by atoms with Gasteiger partial charge in [-0.1, -0.05) is 54.6 Å². The first-order chi connectivity index (χ1) is 15.1. The SMILES string of the molecule is Cl.O=C(Nc1cccc2cnccc12)C(=Cc1ccc(OC(F)F)cc1)c1ccccc1. The minimum absolute atomic E-state index is 0. The first-order valence-electron chi connectivity index (χ1n) is 9.56. The third-order valence-electron chi connectivity index (χ3n) is 4.67. The number of alkyl halides is 2. The zero-order chi connectivity index (χ0) is 21.6. The second kappa shape index (κ2) is 10.5. The van der Waals surface area contributed by atoms with Crippen molar-refractivity contribution in [2.24, 2.45) is 0 Å². The normalized spacial score (nSPS) is 11.2. The van der Waals surface area contributed by atoms with E-state index >= 15 is 0 Å². The summed E-state index contributed by atoms with van der Waals surface area (Å²) in [6, 6.07) is 22.8. The van der Waals surface area contributed by atoms with Gasteiger partial charge in [-0.15, -0.1) is 12.4 Å². The Bertz CT molecular complexity index is 1220. The molecule has 0 saturated heterocycles. The van der Waals surface area contributed by atoms with Gasteiger partial charge in [0.1, 0.15) is 5.75 Å². The van der Waals surface area contributed by atoms with Gasteiger partial charge in [-0.25, -0.2) is 0 Å². The van der Waals surface area contributed by atoms with Gasteiger partial charge in [-0.3, -0.25) is 9.78 Å². The smallest absolute Gasteiger partial charge is 0.387 e. The number of ether oxygens (including phenoxy) is 1. The molecule has 0 atom stereocenters.